The van der Waals surface area contributed by atoms with Crippen LogP contribution in [0.25, 0.3) is 0 Å². The van der Waals surface area contributed by atoms with E-state index in [9.17, 15) is 9.18 Å². The molecular formula is C12H9FN4OS. The van der Waals surface area contributed by atoms with Crippen LogP contribution in [0.1, 0.15) is 21.6 Å². The molecule has 2 rings (SSSR count). The zero-order chi connectivity index (χ0) is 13.8. The number of nitrogen functional groups attached to an aromatic ring is 1. The topological polar surface area (TPSA) is 91.8 Å². The van der Waals surface area contributed by atoms with Gasteiger partial charge in [0.05, 0.1) is 23.9 Å². The van der Waals surface area contributed by atoms with E-state index in [-0.39, 0.29) is 17.7 Å². The van der Waals surface area contributed by atoms with E-state index in [2.05, 4.69) is 10.3 Å². The van der Waals surface area contributed by atoms with Gasteiger partial charge < -0.3 is 11.1 Å². The van der Waals surface area contributed by atoms with Gasteiger partial charge in [0.25, 0.3) is 5.91 Å². The van der Waals surface area contributed by atoms with Gasteiger partial charge in [-0.2, -0.15) is 5.26 Å². The Morgan fingerprint density at radius 2 is 2.32 bits per heavy atom. The lowest BCUT2D eigenvalue weighted by atomic mass is 10.1. The number of benzene rings is 1. The molecule has 0 radical (unpaired) electrons. The predicted molar refractivity (Wildman–Crippen MR) is 68.8 cm³/mol. The lowest BCUT2D eigenvalue weighted by Gasteiger charge is -2.04. The van der Waals surface area contributed by atoms with Crippen molar-refractivity contribution < 1.29 is 9.18 Å². The van der Waals surface area contributed by atoms with Crippen LogP contribution in [0.2, 0.25) is 0 Å². The van der Waals surface area contributed by atoms with E-state index in [1.54, 1.807) is 11.4 Å². The first-order chi connectivity index (χ1) is 9.08. The van der Waals surface area contributed by atoms with Crippen molar-refractivity contribution in [1.82, 2.24) is 10.3 Å². The van der Waals surface area contributed by atoms with Crippen molar-refractivity contribution in [3.8, 4) is 6.07 Å². The molecule has 0 fully saturated rings. The van der Waals surface area contributed by atoms with Crippen LogP contribution in [0, 0.1) is 17.1 Å². The molecule has 0 aliphatic heterocycles. The van der Waals surface area contributed by atoms with Gasteiger partial charge in [-0.25, -0.2) is 9.37 Å². The molecule has 0 aliphatic rings. The summed E-state index contributed by atoms with van der Waals surface area (Å²) in [6.07, 6.45) is 0. The molecule has 3 N–H and O–H groups in total. The molecule has 96 valence electrons. The molecule has 2 aromatic rings. The van der Waals surface area contributed by atoms with Gasteiger partial charge in [-0.3, -0.25) is 4.79 Å². The van der Waals surface area contributed by atoms with E-state index in [1.807, 2.05) is 0 Å². The Hall–Kier alpha value is -2.46. The molecule has 0 saturated heterocycles. The normalized spacial score (nSPS) is 9.89. The summed E-state index contributed by atoms with van der Waals surface area (Å²) in [5.74, 6) is -1.09. The van der Waals surface area contributed by atoms with E-state index in [0.717, 1.165) is 12.1 Å². The Kier molecular flexibility index (Phi) is 3.73. The first-order valence-corrected chi connectivity index (χ1v) is 6.15. The molecule has 1 amide bonds. The molecule has 0 unspecified atom stereocenters. The summed E-state index contributed by atoms with van der Waals surface area (Å²) in [5, 5.41) is 13.4. The van der Waals surface area contributed by atoms with E-state index >= 15 is 0 Å². The Bertz CT molecular complexity index is 662. The number of nitrogens with two attached hydrogens (primary N) is 1. The molecule has 1 aromatic heterocycles. The quantitative estimate of drug-likeness (QED) is 0.891. The van der Waals surface area contributed by atoms with Gasteiger partial charge in [0.2, 0.25) is 0 Å². The average Bonchev–Trinajstić information content (AvgIpc) is 2.81. The van der Waals surface area contributed by atoms with Crippen molar-refractivity contribution in [2.45, 2.75) is 6.54 Å². The third-order valence-corrected chi connectivity index (χ3v) is 3.01. The standard InChI is InChI=1S/C12H9FN4OS/c13-9-2-7(4-14)1-8(3-9)11(18)16-5-10-6-19-12(15)17-10/h1-3,6H,5H2,(H2,15,17)(H,16,18). The third-order valence-electron chi connectivity index (χ3n) is 2.29. The number of carbonyl (C=O) groups is 1. The lowest BCUT2D eigenvalue weighted by molar-refractivity contribution is 0.0950. The summed E-state index contributed by atoms with van der Waals surface area (Å²) >= 11 is 1.27. The summed E-state index contributed by atoms with van der Waals surface area (Å²) in [4.78, 5) is 15.8. The first-order valence-electron chi connectivity index (χ1n) is 5.27. The zero-order valence-electron chi connectivity index (χ0n) is 9.68. The maximum absolute atomic E-state index is 13.2. The minimum atomic E-state index is -0.623. The van der Waals surface area contributed by atoms with Gasteiger partial charge in [-0.15, -0.1) is 11.3 Å². The van der Waals surface area contributed by atoms with Crippen LogP contribution in [0.5, 0.6) is 0 Å². The maximum Gasteiger partial charge on any atom is 0.251 e. The van der Waals surface area contributed by atoms with Crippen LogP contribution in [0.15, 0.2) is 23.6 Å². The fourth-order valence-corrected chi connectivity index (χ4v) is 2.02. The number of anilines is 1. The number of aromatic nitrogens is 1. The summed E-state index contributed by atoms with van der Waals surface area (Å²) in [6, 6.07) is 5.26. The summed E-state index contributed by atoms with van der Waals surface area (Å²) < 4.78 is 13.2. The highest BCUT2D eigenvalue weighted by Crippen LogP contribution is 2.12. The van der Waals surface area contributed by atoms with Crippen LogP contribution < -0.4 is 11.1 Å². The van der Waals surface area contributed by atoms with E-state index in [0.29, 0.717) is 10.8 Å². The Labute approximate surface area is 112 Å². The fraction of sp³-hybridized carbons (Fsp3) is 0.0833. The SMILES string of the molecule is N#Cc1cc(F)cc(C(=O)NCc2csc(N)n2)c1. The van der Waals surface area contributed by atoms with Crippen molar-refractivity contribution in [2.75, 3.05) is 5.73 Å². The Balaban J connectivity index is 2.08. The number of nitrogens with one attached hydrogen (secondary N) is 1. The van der Waals surface area contributed by atoms with Crippen LogP contribution >= 0.6 is 11.3 Å². The number of hydrogen-bond acceptors (Lipinski definition) is 5. The molecule has 0 atom stereocenters. The van der Waals surface area contributed by atoms with Gasteiger partial charge in [-0.05, 0) is 18.2 Å². The number of nitrogens with zero attached hydrogens (tertiary/aromatic N) is 2. The molecule has 19 heavy (non-hydrogen) atoms. The Morgan fingerprint density at radius 1 is 1.53 bits per heavy atom. The second-order valence-electron chi connectivity index (χ2n) is 3.70. The fourth-order valence-electron chi connectivity index (χ4n) is 1.46. The van der Waals surface area contributed by atoms with Crippen LogP contribution in [0.3, 0.4) is 0 Å². The number of carbonyl (C=O) groups excluding carboxylic acids is 1. The zero-order valence-corrected chi connectivity index (χ0v) is 10.5. The molecular weight excluding hydrogens is 267 g/mol. The number of hydrogen-bond donors (Lipinski definition) is 2. The number of amides is 1. The first kappa shape index (κ1) is 13.0. The minimum absolute atomic E-state index is 0.0970. The van der Waals surface area contributed by atoms with Gasteiger partial charge >= 0.3 is 0 Å². The molecule has 1 aromatic carbocycles. The van der Waals surface area contributed by atoms with Crippen LogP contribution in [0.4, 0.5) is 9.52 Å². The van der Waals surface area contributed by atoms with Gasteiger partial charge in [0.15, 0.2) is 5.13 Å². The van der Waals surface area contributed by atoms with Gasteiger partial charge in [0.1, 0.15) is 5.82 Å². The Morgan fingerprint density at radius 3 is 2.95 bits per heavy atom. The van der Waals surface area contributed by atoms with Crippen molar-refractivity contribution in [3.63, 3.8) is 0 Å². The smallest absolute Gasteiger partial charge is 0.251 e. The molecule has 0 aliphatic carbocycles. The molecule has 0 bridgehead atoms. The maximum atomic E-state index is 13.2. The molecule has 5 nitrogen and oxygen atoms in total. The second-order valence-corrected chi connectivity index (χ2v) is 4.59. The van der Waals surface area contributed by atoms with Crippen molar-refractivity contribution in [2.24, 2.45) is 0 Å². The van der Waals surface area contributed by atoms with Gasteiger partial charge in [0, 0.05) is 10.9 Å². The van der Waals surface area contributed by atoms with E-state index in [4.69, 9.17) is 11.0 Å². The van der Waals surface area contributed by atoms with Crippen LogP contribution in [-0.4, -0.2) is 10.9 Å². The number of thiazole rings is 1. The van der Waals surface area contributed by atoms with E-state index < -0.39 is 11.7 Å². The van der Waals surface area contributed by atoms with E-state index in [1.165, 1.54) is 17.4 Å². The number of nitriles is 1. The second kappa shape index (κ2) is 5.46. The minimum Gasteiger partial charge on any atom is -0.375 e. The third kappa shape index (κ3) is 3.26. The van der Waals surface area contributed by atoms with Gasteiger partial charge in [-0.1, -0.05) is 0 Å². The summed E-state index contributed by atoms with van der Waals surface area (Å²) in [6.45, 7) is 0.199. The van der Waals surface area contributed by atoms with Crippen molar-refractivity contribution in [3.05, 3.63) is 46.2 Å². The van der Waals surface area contributed by atoms with Crippen molar-refractivity contribution >= 4 is 22.4 Å². The highest BCUT2D eigenvalue weighted by atomic mass is 32.1. The number of rotatable bonds is 3. The molecule has 0 saturated carbocycles. The largest absolute Gasteiger partial charge is 0.375 e. The van der Waals surface area contributed by atoms with Crippen molar-refractivity contribution in [1.29, 1.82) is 5.26 Å². The monoisotopic (exact) mass is 276 g/mol. The molecule has 1 heterocycles. The molecule has 0 spiro atoms. The average molecular weight is 276 g/mol. The molecule has 7 heteroatoms. The lowest BCUT2D eigenvalue weighted by Crippen LogP contribution is -2.23. The highest BCUT2D eigenvalue weighted by molar-refractivity contribution is 7.13. The van der Waals surface area contributed by atoms with Crippen LogP contribution in [-0.2, 0) is 6.54 Å². The number of halogens is 1. The highest BCUT2D eigenvalue weighted by Gasteiger charge is 2.09. The summed E-state index contributed by atoms with van der Waals surface area (Å²) in [5.41, 5.74) is 6.29. The summed E-state index contributed by atoms with van der Waals surface area (Å²) in [7, 11) is 0. The predicted octanol–water partition coefficient (Wildman–Crippen LogP) is 1.67.